The van der Waals surface area contributed by atoms with E-state index in [0.717, 1.165) is 38.9 Å². The number of aromatic nitrogens is 2. The number of rotatable bonds is 4. The third-order valence-corrected chi connectivity index (χ3v) is 5.05. The zero-order valence-electron chi connectivity index (χ0n) is 13.3. The highest BCUT2D eigenvalue weighted by Crippen LogP contribution is 2.32. The number of carbonyl (C=O) groups is 1. The van der Waals surface area contributed by atoms with E-state index in [9.17, 15) is 4.79 Å². The van der Waals surface area contributed by atoms with Gasteiger partial charge in [-0.3, -0.25) is 4.79 Å². The fourth-order valence-corrected chi connectivity index (χ4v) is 3.75. The van der Waals surface area contributed by atoms with Crippen LogP contribution in [-0.4, -0.2) is 33.4 Å². The maximum Gasteiger partial charge on any atom is 0.225 e. The molecule has 1 saturated carbocycles. The van der Waals surface area contributed by atoms with Crippen molar-refractivity contribution in [2.45, 2.75) is 64.8 Å². The SMILES string of the molecule is CCCn1c(C)cnc1C1CN(C(=O)C2CCCCC2)C1. The lowest BCUT2D eigenvalue weighted by Crippen LogP contribution is -2.51. The fraction of sp³-hybridized carbons (Fsp3) is 0.765. The van der Waals surface area contributed by atoms with E-state index in [1.165, 1.54) is 30.8 Å². The third kappa shape index (κ3) is 2.85. The Hall–Kier alpha value is -1.32. The minimum atomic E-state index is 0.303. The van der Waals surface area contributed by atoms with Crippen molar-refractivity contribution in [1.82, 2.24) is 14.5 Å². The molecular weight excluding hydrogens is 262 g/mol. The molecule has 0 aromatic carbocycles. The molecule has 4 heteroatoms. The molecule has 4 nitrogen and oxygen atoms in total. The van der Waals surface area contributed by atoms with E-state index in [2.05, 4.69) is 28.3 Å². The highest BCUT2D eigenvalue weighted by Gasteiger charge is 2.37. The number of hydrogen-bond donors (Lipinski definition) is 0. The molecule has 0 atom stereocenters. The summed E-state index contributed by atoms with van der Waals surface area (Å²) in [5, 5.41) is 0. The molecule has 0 bridgehead atoms. The maximum absolute atomic E-state index is 12.5. The third-order valence-electron chi connectivity index (χ3n) is 5.05. The van der Waals surface area contributed by atoms with Crippen LogP contribution in [0.5, 0.6) is 0 Å². The van der Waals surface area contributed by atoms with Crippen molar-refractivity contribution in [2.24, 2.45) is 5.92 Å². The molecule has 1 aromatic rings. The molecule has 0 unspecified atom stereocenters. The van der Waals surface area contributed by atoms with Crippen molar-refractivity contribution in [3.63, 3.8) is 0 Å². The zero-order valence-corrected chi connectivity index (χ0v) is 13.3. The number of likely N-dealkylation sites (tertiary alicyclic amines) is 1. The first-order valence-electron chi connectivity index (χ1n) is 8.51. The molecule has 2 fully saturated rings. The molecule has 21 heavy (non-hydrogen) atoms. The molecule has 1 aromatic heterocycles. The number of nitrogens with zero attached hydrogens (tertiary/aromatic N) is 3. The molecule has 3 rings (SSSR count). The van der Waals surface area contributed by atoms with Crippen LogP contribution in [0, 0.1) is 12.8 Å². The summed E-state index contributed by atoms with van der Waals surface area (Å²) < 4.78 is 2.33. The lowest BCUT2D eigenvalue weighted by Gasteiger charge is -2.41. The number of imidazole rings is 1. The molecule has 1 amide bonds. The summed E-state index contributed by atoms with van der Waals surface area (Å²) in [6.07, 6.45) is 9.06. The summed E-state index contributed by atoms with van der Waals surface area (Å²) in [5.41, 5.74) is 1.24. The predicted molar refractivity (Wildman–Crippen MR) is 83.2 cm³/mol. The van der Waals surface area contributed by atoms with Crippen LogP contribution in [0.4, 0.5) is 0 Å². The van der Waals surface area contributed by atoms with E-state index in [4.69, 9.17) is 0 Å². The van der Waals surface area contributed by atoms with E-state index in [0.29, 0.717) is 17.7 Å². The summed E-state index contributed by atoms with van der Waals surface area (Å²) in [7, 11) is 0. The van der Waals surface area contributed by atoms with E-state index in [1.54, 1.807) is 0 Å². The van der Waals surface area contributed by atoms with E-state index >= 15 is 0 Å². The molecule has 0 N–H and O–H groups in total. The van der Waals surface area contributed by atoms with Gasteiger partial charge >= 0.3 is 0 Å². The smallest absolute Gasteiger partial charge is 0.225 e. The first kappa shape index (κ1) is 14.6. The largest absolute Gasteiger partial charge is 0.341 e. The highest BCUT2D eigenvalue weighted by molar-refractivity contribution is 5.80. The van der Waals surface area contributed by atoms with Crippen LogP contribution in [0.25, 0.3) is 0 Å². The van der Waals surface area contributed by atoms with Gasteiger partial charge in [0.1, 0.15) is 5.82 Å². The number of hydrogen-bond acceptors (Lipinski definition) is 2. The van der Waals surface area contributed by atoms with Gasteiger partial charge in [0.15, 0.2) is 0 Å². The number of carbonyl (C=O) groups excluding carboxylic acids is 1. The molecule has 0 radical (unpaired) electrons. The van der Waals surface area contributed by atoms with Crippen molar-refractivity contribution in [2.75, 3.05) is 13.1 Å². The first-order valence-corrected chi connectivity index (χ1v) is 8.51. The van der Waals surface area contributed by atoms with E-state index in [-0.39, 0.29) is 0 Å². The van der Waals surface area contributed by atoms with Gasteiger partial charge in [-0.2, -0.15) is 0 Å². The quantitative estimate of drug-likeness (QED) is 0.854. The van der Waals surface area contributed by atoms with Gasteiger partial charge in [0.25, 0.3) is 0 Å². The molecule has 0 spiro atoms. The Bertz CT molecular complexity index is 496. The Labute approximate surface area is 127 Å². The highest BCUT2D eigenvalue weighted by atomic mass is 16.2. The van der Waals surface area contributed by atoms with Gasteiger partial charge in [0, 0.05) is 37.4 Å². The van der Waals surface area contributed by atoms with Crippen LogP contribution >= 0.6 is 0 Å². The first-order chi connectivity index (χ1) is 10.2. The van der Waals surface area contributed by atoms with Crippen molar-refractivity contribution >= 4 is 5.91 Å². The van der Waals surface area contributed by atoms with E-state index < -0.39 is 0 Å². The normalized spacial score (nSPS) is 20.6. The summed E-state index contributed by atoms with van der Waals surface area (Å²) in [6, 6.07) is 0. The average Bonchev–Trinajstić information content (AvgIpc) is 2.81. The second kappa shape index (κ2) is 6.20. The predicted octanol–water partition coefficient (Wildman–Crippen LogP) is 3.11. The second-order valence-corrected chi connectivity index (χ2v) is 6.68. The lowest BCUT2D eigenvalue weighted by molar-refractivity contribution is -0.141. The average molecular weight is 289 g/mol. The summed E-state index contributed by atoms with van der Waals surface area (Å²) in [6.45, 7) is 7.10. The lowest BCUT2D eigenvalue weighted by atomic mass is 9.86. The van der Waals surface area contributed by atoms with Crippen molar-refractivity contribution < 1.29 is 4.79 Å². The summed E-state index contributed by atoms with van der Waals surface area (Å²) in [5.74, 6) is 2.33. The second-order valence-electron chi connectivity index (χ2n) is 6.68. The molecule has 1 aliphatic heterocycles. The van der Waals surface area contributed by atoms with Crippen LogP contribution in [0.1, 0.15) is 62.9 Å². The molecule has 1 saturated heterocycles. The van der Waals surface area contributed by atoms with Crippen molar-refractivity contribution in [3.8, 4) is 0 Å². The summed E-state index contributed by atoms with van der Waals surface area (Å²) in [4.78, 5) is 19.1. The molecule has 1 aliphatic carbocycles. The zero-order chi connectivity index (χ0) is 14.8. The Morgan fingerprint density at radius 2 is 2.00 bits per heavy atom. The van der Waals surface area contributed by atoms with Gasteiger partial charge in [0.2, 0.25) is 5.91 Å². The Morgan fingerprint density at radius 1 is 1.29 bits per heavy atom. The topological polar surface area (TPSA) is 38.1 Å². The Morgan fingerprint density at radius 3 is 2.67 bits per heavy atom. The van der Waals surface area contributed by atoms with Gasteiger partial charge in [-0.05, 0) is 26.2 Å². The van der Waals surface area contributed by atoms with Gasteiger partial charge in [0.05, 0.1) is 5.92 Å². The van der Waals surface area contributed by atoms with Crippen LogP contribution in [-0.2, 0) is 11.3 Å². The van der Waals surface area contributed by atoms with E-state index in [1.807, 2.05) is 6.20 Å². The van der Waals surface area contributed by atoms with Gasteiger partial charge in [-0.25, -0.2) is 4.98 Å². The van der Waals surface area contributed by atoms with Gasteiger partial charge in [-0.1, -0.05) is 26.2 Å². The standard InChI is InChI=1S/C17H27N3O/c1-3-9-20-13(2)10-18-16(20)15-11-19(12-15)17(21)14-7-5-4-6-8-14/h10,14-15H,3-9,11-12H2,1-2H3. The molecule has 2 heterocycles. The molecular formula is C17H27N3O. The Balaban J connectivity index is 1.59. The van der Waals surface area contributed by atoms with Crippen molar-refractivity contribution in [1.29, 1.82) is 0 Å². The monoisotopic (exact) mass is 289 g/mol. The van der Waals surface area contributed by atoms with Gasteiger partial charge in [-0.15, -0.1) is 0 Å². The van der Waals surface area contributed by atoms with Crippen LogP contribution in [0.15, 0.2) is 6.20 Å². The minimum Gasteiger partial charge on any atom is -0.341 e. The number of aryl methyl sites for hydroxylation is 1. The van der Waals surface area contributed by atoms with Crippen molar-refractivity contribution in [3.05, 3.63) is 17.7 Å². The van der Waals surface area contributed by atoms with Crippen LogP contribution in [0.3, 0.4) is 0 Å². The summed E-state index contributed by atoms with van der Waals surface area (Å²) >= 11 is 0. The van der Waals surface area contributed by atoms with Crippen LogP contribution in [0.2, 0.25) is 0 Å². The Kier molecular flexibility index (Phi) is 4.32. The fourth-order valence-electron chi connectivity index (χ4n) is 3.75. The van der Waals surface area contributed by atoms with Crippen LogP contribution < -0.4 is 0 Å². The molecule has 2 aliphatic rings. The maximum atomic E-state index is 12.5. The minimum absolute atomic E-state index is 0.303. The molecule has 116 valence electrons. The van der Waals surface area contributed by atoms with Gasteiger partial charge < -0.3 is 9.47 Å². The number of amides is 1.